The summed E-state index contributed by atoms with van der Waals surface area (Å²) in [6, 6.07) is 14.5. The predicted molar refractivity (Wildman–Crippen MR) is 101 cm³/mol. The molecular weight excluding hydrogens is 304 g/mol. The van der Waals surface area contributed by atoms with Crippen LogP contribution in [0.15, 0.2) is 42.5 Å². The van der Waals surface area contributed by atoms with E-state index in [0.29, 0.717) is 11.7 Å². The van der Waals surface area contributed by atoms with E-state index in [-0.39, 0.29) is 0 Å². The maximum Gasteiger partial charge on any atom is 0.173 e. The SMILES string of the molecule is CCc1ccc(NC(=S)N(C)Cc2cc(C)ccc2OC)cc1. The van der Waals surface area contributed by atoms with Crippen molar-refractivity contribution in [1.29, 1.82) is 0 Å². The Morgan fingerprint density at radius 1 is 1.17 bits per heavy atom. The van der Waals surface area contributed by atoms with Gasteiger partial charge in [0.05, 0.1) is 7.11 Å². The van der Waals surface area contributed by atoms with Crippen molar-refractivity contribution >= 4 is 23.0 Å². The summed E-state index contributed by atoms with van der Waals surface area (Å²) in [6.45, 7) is 4.93. The number of nitrogens with one attached hydrogen (secondary N) is 1. The molecule has 23 heavy (non-hydrogen) atoms. The fourth-order valence-electron chi connectivity index (χ4n) is 2.40. The van der Waals surface area contributed by atoms with Crippen LogP contribution in [0, 0.1) is 6.92 Å². The van der Waals surface area contributed by atoms with Gasteiger partial charge in [-0.3, -0.25) is 0 Å². The van der Waals surface area contributed by atoms with Crippen LogP contribution in [0.1, 0.15) is 23.6 Å². The second kappa shape index (κ2) is 7.97. The van der Waals surface area contributed by atoms with Gasteiger partial charge in [-0.05, 0) is 49.3 Å². The summed E-state index contributed by atoms with van der Waals surface area (Å²) >= 11 is 5.51. The molecule has 4 heteroatoms. The molecule has 0 atom stereocenters. The van der Waals surface area contributed by atoms with Gasteiger partial charge in [-0.15, -0.1) is 0 Å². The normalized spacial score (nSPS) is 10.3. The standard InChI is InChI=1S/C19H24N2OS/c1-5-15-7-9-17(10-8-15)20-19(23)21(3)13-16-12-14(2)6-11-18(16)22-4/h6-12H,5,13H2,1-4H3,(H,20,23). The minimum absolute atomic E-state index is 0.692. The largest absolute Gasteiger partial charge is 0.496 e. The van der Waals surface area contributed by atoms with E-state index < -0.39 is 0 Å². The summed E-state index contributed by atoms with van der Waals surface area (Å²) in [4.78, 5) is 2.01. The summed E-state index contributed by atoms with van der Waals surface area (Å²) in [5, 5.41) is 3.97. The minimum Gasteiger partial charge on any atom is -0.496 e. The Bertz CT molecular complexity index is 668. The summed E-state index contributed by atoms with van der Waals surface area (Å²) in [6.07, 6.45) is 1.04. The molecular formula is C19H24N2OS. The Morgan fingerprint density at radius 2 is 1.87 bits per heavy atom. The molecule has 0 bridgehead atoms. The van der Waals surface area contributed by atoms with Crippen LogP contribution < -0.4 is 10.1 Å². The summed E-state index contributed by atoms with van der Waals surface area (Å²) in [5.41, 5.74) is 4.67. The van der Waals surface area contributed by atoms with E-state index in [2.05, 4.69) is 49.5 Å². The third-order valence-corrected chi connectivity index (χ3v) is 4.22. The maximum atomic E-state index is 5.51. The Labute approximate surface area is 144 Å². The number of rotatable bonds is 5. The lowest BCUT2D eigenvalue weighted by atomic mass is 10.1. The van der Waals surface area contributed by atoms with E-state index in [4.69, 9.17) is 17.0 Å². The number of thiocarbonyl (C=S) groups is 1. The number of aryl methyl sites for hydroxylation is 2. The van der Waals surface area contributed by atoms with Gasteiger partial charge >= 0.3 is 0 Å². The van der Waals surface area contributed by atoms with Gasteiger partial charge < -0.3 is 15.0 Å². The fourth-order valence-corrected chi connectivity index (χ4v) is 2.58. The van der Waals surface area contributed by atoms with Crippen LogP contribution in [-0.2, 0) is 13.0 Å². The monoisotopic (exact) mass is 328 g/mol. The van der Waals surface area contributed by atoms with Gasteiger partial charge in [-0.2, -0.15) is 0 Å². The van der Waals surface area contributed by atoms with Gasteiger partial charge in [-0.1, -0.05) is 36.8 Å². The molecule has 0 aromatic heterocycles. The highest BCUT2D eigenvalue weighted by Crippen LogP contribution is 2.21. The van der Waals surface area contributed by atoms with Crippen LogP contribution in [0.2, 0.25) is 0 Å². The summed E-state index contributed by atoms with van der Waals surface area (Å²) in [5.74, 6) is 0.887. The number of hydrogen-bond donors (Lipinski definition) is 1. The number of nitrogens with zero attached hydrogens (tertiary/aromatic N) is 1. The van der Waals surface area contributed by atoms with Crippen molar-refractivity contribution in [2.45, 2.75) is 26.8 Å². The van der Waals surface area contributed by atoms with Crippen molar-refractivity contribution in [2.75, 3.05) is 19.5 Å². The Morgan fingerprint density at radius 3 is 2.48 bits per heavy atom. The van der Waals surface area contributed by atoms with Gasteiger partial charge in [0, 0.05) is 24.8 Å². The smallest absolute Gasteiger partial charge is 0.173 e. The molecule has 2 aromatic carbocycles. The minimum atomic E-state index is 0.692. The first-order valence-electron chi connectivity index (χ1n) is 7.78. The second-order valence-corrected chi connectivity index (χ2v) is 6.04. The zero-order valence-corrected chi connectivity index (χ0v) is 15.0. The molecule has 1 N–H and O–H groups in total. The Hall–Kier alpha value is -2.07. The van der Waals surface area contributed by atoms with Crippen molar-refractivity contribution < 1.29 is 4.74 Å². The lowest BCUT2D eigenvalue weighted by Crippen LogP contribution is -2.30. The van der Waals surface area contributed by atoms with Crippen LogP contribution in [0.4, 0.5) is 5.69 Å². The van der Waals surface area contributed by atoms with Gasteiger partial charge in [0.1, 0.15) is 5.75 Å². The van der Waals surface area contributed by atoms with E-state index >= 15 is 0 Å². The van der Waals surface area contributed by atoms with Crippen molar-refractivity contribution in [3.8, 4) is 5.75 Å². The van der Waals surface area contributed by atoms with Crippen molar-refractivity contribution in [2.24, 2.45) is 0 Å². The third-order valence-electron chi connectivity index (χ3n) is 3.80. The fraction of sp³-hybridized carbons (Fsp3) is 0.316. The first-order chi connectivity index (χ1) is 11.0. The van der Waals surface area contributed by atoms with Crippen LogP contribution in [0.5, 0.6) is 5.75 Å². The zero-order chi connectivity index (χ0) is 16.8. The summed E-state index contributed by atoms with van der Waals surface area (Å²) < 4.78 is 5.43. The number of methoxy groups -OCH3 is 1. The number of benzene rings is 2. The summed E-state index contributed by atoms with van der Waals surface area (Å²) in [7, 11) is 3.68. The molecule has 0 aliphatic carbocycles. The van der Waals surface area contributed by atoms with E-state index in [1.807, 2.05) is 24.1 Å². The van der Waals surface area contributed by atoms with E-state index in [0.717, 1.165) is 23.4 Å². The lowest BCUT2D eigenvalue weighted by Gasteiger charge is -2.22. The highest BCUT2D eigenvalue weighted by atomic mass is 32.1. The number of anilines is 1. The van der Waals surface area contributed by atoms with Crippen LogP contribution in [0.25, 0.3) is 0 Å². The van der Waals surface area contributed by atoms with E-state index in [9.17, 15) is 0 Å². The van der Waals surface area contributed by atoms with Crippen molar-refractivity contribution in [3.05, 3.63) is 59.2 Å². The Balaban J connectivity index is 2.03. The highest BCUT2D eigenvalue weighted by molar-refractivity contribution is 7.80. The molecule has 2 aromatic rings. The third kappa shape index (κ3) is 4.70. The van der Waals surface area contributed by atoms with Crippen LogP contribution >= 0.6 is 12.2 Å². The molecule has 0 saturated carbocycles. The van der Waals surface area contributed by atoms with Gasteiger partial charge in [0.15, 0.2) is 5.11 Å². The number of hydrogen-bond acceptors (Lipinski definition) is 2. The number of ether oxygens (including phenoxy) is 1. The molecule has 2 rings (SSSR count). The highest BCUT2D eigenvalue weighted by Gasteiger charge is 2.10. The molecule has 0 heterocycles. The molecule has 3 nitrogen and oxygen atoms in total. The molecule has 0 aliphatic rings. The van der Waals surface area contributed by atoms with E-state index in [1.165, 1.54) is 11.1 Å². The average Bonchev–Trinajstić information content (AvgIpc) is 2.55. The average molecular weight is 328 g/mol. The Kier molecular flexibility index (Phi) is 5.99. The lowest BCUT2D eigenvalue weighted by molar-refractivity contribution is 0.399. The molecule has 0 spiro atoms. The predicted octanol–water partition coefficient (Wildman–Crippen LogP) is 4.39. The van der Waals surface area contributed by atoms with Gasteiger partial charge in [-0.25, -0.2) is 0 Å². The van der Waals surface area contributed by atoms with Crippen molar-refractivity contribution in [3.63, 3.8) is 0 Å². The molecule has 0 amide bonds. The topological polar surface area (TPSA) is 24.5 Å². The first kappa shape index (κ1) is 17.3. The van der Waals surface area contributed by atoms with E-state index in [1.54, 1.807) is 7.11 Å². The molecule has 0 saturated heterocycles. The molecule has 0 radical (unpaired) electrons. The first-order valence-corrected chi connectivity index (χ1v) is 8.19. The van der Waals surface area contributed by atoms with Crippen LogP contribution in [-0.4, -0.2) is 24.2 Å². The zero-order valence-electron chi connectivity index (χ0n) is 14.2. The molecule has 122 valence electrons. The molecule has 0 aliphatic heterocycles. The van der Waals surface area contributed by atoms with Gasteiger partial charge in [0.25, 0.3) is 0 Å². The maximum absolute atomic E-state index is 5.51. The molecule has 0 fully saturated rings. The van der Waals surface area contributed by atoms with Crippen molar-refractivity contribution in [1.82, 2.24) is 4.90 Å². The quantitative estimate of drug-likeness (QED) is 0.823. The second-order valence-electron chi connectivity index (χ2n) is 5.65. The van der Waals surface area contributed by atoms with Gasteiger partial charge in [0.2, 0.25) is 0 Å². The van der Waals surface area contributed by atoms with Crippen LogP contribution in [0.3, 0.4) is 0 Å². The molecule has 0 unspecified atom stereocenters.